The molecule has 3 aromatic rings. The number of aromatic nitrogens is 1. The summed E-state index contributed by atoms with van der Waals surface area (Å²) in [5, 5.41) is 2.49. The number of halogens is 2. The van der Waals surface area contributed by atoms with E-state index in [0.29, 0.717) is 33.6 Å². The zero-order valence-electron chi connectivity index (χ0n) is 24.2. The van der Waals surface area contributed by atoms with Crippen LogP contribution >= 0.6 is 11.8 Å². The Labute approximate surface area is 247 Å². The van der Waals surface area contributed by atoms with Crippen LogP contribution in [0.5, 0.6) is 11.5 Å². The molecule has 0 fully saturated rings. The number of ether oxygens (including phenoxy) is 3. The summed E-state index contributed by atoms with van der Waals surface area (Å²) in [4.78, 5) is 42.5. The number of amides is 1. The van der Waals surface area contributed by atoms with Gasteiger partial charge >= 0.3 is 11.9 Å². The van der Waals surface area contributed by atoms with Gasteiger partial charge in [0.25, 0.3) is 5.91 Å². The number of hydrogen-bond acceptors (Lipinski definition) is 8. The third-order valence-corrected chi connectivity index (χ3v) is 6.87. The summed E-state index contributed by atoms with van der Waals surface area (Å²) in [6, 6.07) is 9.23. The molecule has 1 amide bonds. The number of benzene rings is 2. The fourth-order valence-electron chi connectivity index (χ4n) is 3.89. The van der Waals surface area contributed by atoms with E-state index in [2.05, 4.69) is 10.3 Å². The molecule has 1 aromatic heterocycles. The van der Waals surface area contributed by atoms with Crippen molar-refractivity contribution in [2.24, 2.45) is 0 Å². The van der Waals surface area contributed by atoms with E-state index in [9.17, 15) is 23.2 Å². The maximum atomic E-state index is 14.5. The van der Waals surface area contributed by atoms with Gasteiger partial charge in [-0.3, -0.25) is 9.59 Å². The molecule has 0 radical (unpaired) electrons. The molecular weight excluding hydrogens is 566 g/mol. The molecule has 0 spiro atoms. The lowest BCUT2D eigenvalue weighted by atomic mass is 9.95. The molecule has 1 heterocycles. The molecule has 0 aliphatic carbocycles. The molecule has 0 unspecified atom stereocenters. The van der Waals surface area contributed by atoms with Gasteiger partial charge in [0.2, 0.25) is 5.75 Å². The topological polar surface area (TPSA) is 104 Å². The lowest BCUT2D eigenvalue weighted by Crippen LogP contribution is -2.40. The first kappa shape index (κ1) is 32.3. The van der Waals surface area contributed by atoms with E-state index in [1.54, 1.807) is 38.1 Å². The third kappa shape index (κ3) is 7.94. The Kier molecular flexibility index (Phi) is 11.2. The summed E-state index contributed by atoms with van der Waals surface area (Å²) < 4.78 is 45.2. The first-order valence-corrected chi connectivity index (χ1v) is 14.3. The summed E-state index contributed by atoms with van der Waals surface area (Å²) in [5.74, 6) is -2.67. The van der Waals surface area contributed by atoms with Crippen LogP contribution in [0.15, 0.2) is 54.4 Å². The summed E-state index contributed by atoms with van der Waals surface area (Å²) in [7, 11) is 1.35. The van der Waals surface area contributed by atoms with E-state index in [0.717, 1.165) is 0 Å². The molecular formula is C31H32F2N2O6S. The number of nitrogens with one attached hydrogen (secondary N) is 1. The molecule has 11 heteroatoms. The molecule has 8 nitrogen and oxygen atoms in total. The number of carbonyl (C=O) groups is 3. The quantitative estimate of drug-likeness (QED) is 0.219. The van der Waals surface area contributed by atoms with Crippen LogP contribution in [0.3, 0.4) is 0 Å². The highest BCUT2D eigenvalue weighted by Gasteiger charge is 2.26. The van der Waals surface area contributed by atoms with Crippen molar-refractivity contribution >= 4 is 35.2 Å². The Balaban J connectivity index is 1.88. The highest BCUT2D eigenvalue weighted by Crippen LogP contribution is 2.31. The van der Waals surface area contributed by atoms with Gasteiger partial charge in [0, 0.05) is 23.6 Å². The fourth-order valence-corrected chi connectivity index (χ4v) is 4.26. The highest BCUT2D eigenvalue weighted by atomic mass is 32.2. The van der Waals surface area contributed by atoms with E-state index in [-0.39, 0.29) is 29.4 Å². The van der Waals surface area contributed by atoms with Gasteiger partial charge in [0.1, 0.15) is 23.4 Å². The lowest BCUT2D eigenvalue weighted by Gasteiger charge is -2.18. The summed E-state index contributed by atoms with van der Waals surface area (Å²) in [5.41, 5.74) is 1.62. The van der Waals surface area contributed by atoms with E-state index in [1.165, 1.54) is 57.1 Å². The SMILES string of the molecule is COc1ccnc(C(=O)N[C@@H](C)C(=O)OC(C)=C(c2ccc(C)c(F)c2)c2ccc(C)c(F)c2)c1OC(=O)CCSC. The van der Waals surface area contributed by atoms with Gasteiger partial charge < -0.3 is 19.5 Å². The van der Waals surface area contributed by atoms with Crippen molar-refractivity contribution in [1.82, 2.24) is 10.3 Å². The summed E-state index contributed by atoms with van der Waals surface area (Å²) >= 11 is 1.46. The molecule has 3 rings (SSSR count). The smallest absolute Gasteiger partial charge is 0.333 e. The number of thioether (sulfide) groups is 1. The molecule has 2 aromatic carbocycles. The van der Waals surface area contributed by atoms with Gasteiger partial charge in [-0.25, -0.2) is 18.6 Å². The minimum absolute atomic E-state index is 0.0653. The van der Waals surface area contributed by atoms with Crippen LogP contribution in [0.4, 0.5) is 8.78 Å². The number of aryl methyl sites for hydroxylation is 2. The average Bonchev–Trinajstić information content (AvgIpc) is 2.95. The zero-order valence-corrected chi connectivity index (χ0v) is 25.0. The predicted octanol–water partition coefficient (Wildman–Crippen LogP) is 5.78. The number of rotatable bonds is 11. The molecule has 42 heavy (non-hydrogen) atoms. The minimum atomic E-state index is -1.19. The van der Waals surface area contributed by atoms with Gasteiger partial charge in [-0.05, 0) is 68.3 Å². The summed E-state index contributed by atoms with van der Waals surface area (Å²) in [6.07, 6.45) is 3.25. The van der Waals surface area contributed by atoms with Crippen LogP contribution in [0, 0.1) is 25.5 Å². The molecule has 0 saturated heterocycles. The van der Waals surface area contributed by atoms with Crippen LogP contribution < -0.4 is 14.8 Å². The van der Waals surface area contributed by atoms with Crippen molar-refractivity contribution in [2.45, 2.75) is 40.2 Å². The Morgan fingerprint density at radius 3 is 2.12 bits per heavy atom. The average molecular weight is 599 g/mol. The van der Waals surface area contributed by atoms with Crippen LogP contribution in [0.2, 0.25) is 0 Å². The first-order chi connectivity index (χ1) is 20.0. The van der Waals surface area contributed by atoms with Crippen molar-refractivity contribution in [1.29, 1.82) is 0 Å². The van der Waals surface area contributed by atoms with Crippen molar-refractivity contribution in [3.05, 3.63) is 94.0 Å². The second-order valence-corrected chi connectivity index (χ2v) is 10.4. The number of nitrogens with zero attached hydrogens (tertiary/aromatic N) is 1. The van der Waals surface area contributed by atoms with Gasteiger partial charge in [-0.1, -0.05) is 24.3 Å². The van der Waals surface area contributed by atoms with E-state index in [4.69, 9.17) is 14.2 Å². The van der Waals surface area contributed by atoms with E-state index < -0.39 is 35.5 Å². The Morgan fingerprint density at radius 2 is 1.60 bits per heavy atom. The molecule has 0 bridgehead atoms. The van der Waals surface area contributed by atoms with Crippen LogP contribution in [-0.4, -0.2) is 48.0 Å². The van der Waals surface area contributed by atoms with Gasteiger partial charge in [0.05, 0.1) is 13.5 Å². The Morgan fingerprint density at radius 1 is 1.00 bits per heavy atom. The van der Waals surface area contributed by atoms with E-state index in [1.807, 2.05) is 6.26 Å². The van der Waals surface area contributed by atoms with Gasteiger partial charge in [-0.15, -0.1) is 0 Å². The second kappa shape index (κ2) is 14.6. The molecule has 222 valence electrons. The summed E-state index contributed by atoms with van der Waals surface area (Å²) in [6.45, 7) is 6.11. The lowest BCUT2D eigenvalue weighted by molar-refractivity contribution is -0.141. The Bertz CT molecular complexity index is 1470. The molecule has 1 N–H and O–H groups in total. The maximum Gasteiger partial charge on any atom is 0.333 e. The molecule has 1 atom stereocenters. The number of carbonyl (C=O) groups excluding carboxylic acids is 3. The largest absolute Gasteiger partial charge is 0.493 e. The van der Waals surface area contributed by atoms with Gasteiger partial charge in [-0.2, -0.15) is 11.8 Å². The van der Waals surface area contributed by atoms with Crippen LogP contribution in [-0.2, 0) is 14.3 Å². The normalized spacial score (nSPS) is 11.3. The van der Waals surface area contributed by atoms with Crippen molar-refractivity contribution in [2.75, 3.05) is 19.1 Å². The van der Waals surface area contributed by atoms with Gasteiger partial charge in [0.15, 0.2) is 11.4 Å². The third-order valence-electron chi connectivity index (χ3n) is 6.26. The van der Waals surface area contributed by atoms with Crippen molar-refractivity contribution in [3.8, 4) is 11.5 Å². The molecule has 0 aliphatic heterocycles. The van der Waals surface area contributed by atoms with Crippen LogP contribution in [0.1, 0.15) is 53.0 Å². The fraction of sp³-hybridized carbons (Fsp3) is 0.290. The second-order valence-electron chi connectivity index (χ2n) is 9.38. The highest BCUT2D eigenvalue weighted by molar-refractivity contribution is 7.98. The molecule has 0 aliphatic rings. The number of allylic oxidation sites excluding steroid dienone is 1. The monoisotopic (exact) mass is 598 g/mol. The number of hydrogen-bond donors (Lipinski definition) is 1. The first-order valence-electron chi connectivity index (χ1n) is 13.0. The van der Waals surface area contributed by atoms with Crippen LogP contribution in [0.25, 0.3) is 5.57 Å². The van der Waals surface area contributed by atoms with Crippen molar-refractivity contribution < 1.29 is 37.4 Å². The number of esters is 2. The minimum Gasteiger partial charge on any atom is -0.493 e. The zero-order chi connectivity index (χ0) is 31.0. The maximum absolute atomic E-state index is 14.5. The predicted molar refractivity (Wildman–Crippen MR) is 156 cm³/mol. The Hall–Kier alpha value is -4.25. The van der Waals surface area contributed by atoms with Crippen molar-refractivity contribution in [3.63, 3.8) is 0 Å². The number of pyridine rings is 1. The number of methoxy groups -OCH3 is 1. The van der Waals surface area contributed by atoms with E-state index >= 15 is 0 Å². The standard InChI is InChI=1S/C31H32F2N2O6S/c1-17-7-9-21(15-23(17)32)27(22-10-8-18(2)24(33)16-22)20(4)40-31(38)19(3)35-30(37)28-29(25(39-5)11-13-34-28)41-26(36)12-14-42-6/h7-11,13,15-16,19H,12,14H2,1-6H3,(H,35,37)/t19-/m0/s1. The molecule has 0 saturated carbocycles.